The van der Waals surface area contributed by atoms with Crippen LogP contribution >= 0.6 is 0 Å². The van der Waals surface area contributed by atoms with Gasteiger partial charge in [-0.15, -0.1) is 15.0 Å². The molecule has 0 aromatic carbocycles. The Morgan fingerprint density at radius 3 is 2.73 bits per heavy atom. The molecule has 0 aromatic heterocycles. The van der Waals surface area contributed by atoms with Crippen molar-refractivity contribution >= 4 is 0 Å². The molecule has 2 N–H and O–H groups in total. The van der Waals surface area contributed by atoms with E-state index in [2.05, 4.69) is 9.68 Å². The predicted molar refractivity (Wildman–Crippen MR) is 32.7 cm³/mol. The molecule has 0 saturated carbocycles. The molecule has 0 amide bonds. The van der Waals surface area contributed by atoms with E-state index in [0.717, 1.165) is 0 Å². The number of rotatable bonds is 6. The molecule has 0 aromatic rings. The van der Waals surface area contributed by atoms with E-state index in [0.29, 0.717) is 0 Å². The average molecular weight is 165 g/mol. The van der Waals surface area contributed by atoms with Gasteiger partial charge in [-0.25, -0.2) is 0 Å². The normalized spacial score (nSPS) is 11.7. The summed E-state index contributed by atoms with van der Waals surface area (Å²) in [6.45, 7) is -0.433. The van der Waals surface area contributed by atoms with Gasteiger partial charge in [0.25, 0.3) is 5.09 Å². The lowest BCUT2D eigenvalue weighted by molar-refractivity contribution is -0.768. The zero-order chi connectivity index (χ0) is 8.69. The summed E-state index contributed by atoms with van der Waals surface area (Å²) in [5.41, 5.74) is 5.01. The number of nitrogens with two attached hydrogens (primary N) is 1. The van der Waals surface area contributed by atoms with Crippen molar-refractivity contribution < 1.29 is 14.8 Å². The molecule has 11 heavy (non-hydrogen) atoms. The maximum atomic E-state index is 9.70. The van der Waals surface area contributed by atoms with Crippen LogP contribution in [0.3, 0.4) is 0 Å². The number of hydrogen-bond acceptors (Lipinski definition) is 7. The molecule has 1 atom stereocenters. The summed E-state index contributed by atoms with van der Waals surface area (Å²) in [4.78, 5) is 27.0. The van der Waals surface area contributed by atoms with E-state index in [1.54, 1.807) is 0 Å². The molecule has 0 aliphatic carbocycles. The minimum atomic E-state index is -1.01. The minimum Gasteiger partial charge on any atom is -0.362 e. The SMILES string of the molecule is NC[C@@H](CON=O)O[N+](=O)[O-]. The summed E-state index contributed by atoms with van der Waals surface area (Å²) in [5, 5.41) is 10.7. The molecule has 8 heteroatoms. The van der Waals surface area contributed by atoms with Crippen LogP contribution in [0, 0.1) is 15.0 Å². The Hall–Kier alpha value is -1.44. The molecule has 0 radical (unpaired) electrons. The largest absolute Gasteiger partial charge is 0.362 e. The smallest absolute Gasteiger partial charge is 0.294 e. The second kappa shape index (κ2) is 5.35. The van der Waals surface area contributed by atoms with Gasteiger partial charge in [-0.2, -0.15) is 0 Å². The molecule has 0 spiro atoms. The van der Waals surface area contributed by atoms with Crippen LogP contribution in [0.1, 0.15) is 0 Å². The molecule has 0 aliphatic rings. The third-order valence-corrected chi connectivity index (χ3v) is 0.811. The van der Waals surface area contributed by atoms with Crippen LogP contribution < -0.4 is 5.73 Å². The zero-order valence-electron chi connectivity index (χ0n) is 5.50. The fourth-order valence-electron chi connectivity index (χ4n) is 0.377. The molecule has 64 valence electrons. The van der Waals surface area contributed by atoms with Gasteiger partial charge in [-0.3, -0.25) is 0 Å². The molecule has 0 fully saturated rings. The number of hydrogen-bond donors (Lipinski definition) is 1. The molecule has 0 rings (SSSR count). The van der Waals surface area contributed by atoms with Gasteiger partial charge in [0.2, 0.25) is 0 Å². The highest BCUT2D eigenvalue weighted by Gasteiger charge is 2.11. The van der Waals surface area contributed by atoms with Gasteiger partial charge in [-0.05, 0) is 0 Å². The van der Waals surface area contributed by atoms with Crippen LogP contribution in [0.25, 0.3) is 0 Å². The summed E-state index contributed by atoms with van der Waals surface area (Å²) < 4.78 is 0. The van der Waals surface area contributed by atoms with E-state index >= 15 is 0 Å². The Labute approximate surface area is 61.3 Å². The van der Waals surface area contributed by atoms with Gasteiger partial charge in [0, 0.05) is 6.54 Å². The Bertz CT molecular complexity index is 139. The summed E-state index contributed by atoms with van der Waals surface area (Å²) >= 11 is 0. The fraction of sp³-hybridized carbons (Fsp3) is 1.00. The Morgan fingerprint density at radius 1 is 1.73 bits per heavy atom. The summed E-state index contributed by atoms with van der Waals surface area (Å²) in [6.07, 6.45) is -0.942. The van der Waals surface area contributed by atoms with Crippen LogP contribution in [-0.4, -0.2) is 24.3 Å². The second-order valence-electron chi connectivity index (χ2n) is 1.56. The topological polar surface area (TPSA) is 117 Å². The van der Waals surface area contributed by atoms with Crippen molar-refractivity contribution in [3.05, 3.63) is 15.0 Å². The highest BCUT2D eigenvalue weighted by molar-refractivity contribution is 4.52. The number of nitrogens with zero attached hydrogens (tertiary/aromatic N) is 2. The Morgan fingerprint density at radius 2 is 2.36 bits per heavy atom. The molecule has 8 nitrogen and oxygen atoms in total. The molecule has 0 saturated heterocycles. The first-order valence-electron chi connectivity index (χ1n) is 2.66. The average Bonchev–Trinajstić information content (AvgIpc) is 1.97. The van der Waals surface area contributed by atoms with Crippen LogP contribution in [-0.2, 0) is 9.68 Å². The first kappa shape index (κ1) is 9.56. The van der Waals surface area contributed by atoms with Crippen molar-refractivity contribution in [1.29, 1.82) is 0 Å². The lowest BCUT2D eigenvalue weighted by atomic mass is 10.4. The standard InChI is InChI=1S/C3H7N3O5/c4-1-3(2-10-5-7)11-6(8)9/h3H,1-2,4H2/t3-/m0/s1. The molecule has 0 aliphatic heterocycles. The fourth-order valence-corrected chi connectivity index (χ4v) is 0.377. The van der Waals surface area contributed by atoms with E-state index in [-0.39, 0.29) is 13.2 Å². The van der Waals surface area contributed by atoms with Crippen molar-refractivity contribution in [2.24, 2.45) is 11.1 Å². The first-order chi connectivity index (χ1) is 5.20. The molecule has 0 unspecified atom stereocenters. The minimum absolute atomic E-state index is 0.115. The molecular formula is C3H7N3O5. The van der Waals surface area contributed by atoms with E-state index in [1.807, 2.05) is 5.34 Å². The summed E-state index contributed by atoms with van der Waals surface area (Å²) in [6, 6.07) is 0. The van der Waals surface area contributed by atoms with Gasteiger partial charge >= 0.3 is 0 Å². The third kappa shape index (κ3) is 5.03. The zero-order valence-corrected chi connectivity index (χ0v) is 5.50. The van der Waals surface area contributed by atoms with Crippen LogP contribution in [0.5, 0.6) is 0 Å². The van der Waals surface area contributed by atoms with Gasteiger partial charge in [-0.1, -0.05) is 0 Å². The molecule has 0 heterocycles. The van der Waals surface area contributed by atoms with E-state index in [9.17, 15) is 15.0 Å². The van der Waals surface area contributed by atoms with Gasteiger partial charge in [0.05, 0.1) is 0 Å². The maximum Gasteiger partial charge on any atom is 0.294 e. The monoisotopic (exact) mass is 165 g/mol. The van der Waals surface area contributed by atoms with Crippen LogP contribution in [0.15, 0.2) is 5.34 Å². The predicted octanol–water partition coefficient (Wildman–Crippen LogP) is -0.780. The Kier molecular flexibility index (Phi) is 4.65. The third-order valence-electron chi connectivity index (χ3n) is 0.811. The molecular weight excluding hydrogens is 158 g/mol. The highest BCUT2D eigenvalue weighted by atomic mass is 17.0. The van der Waals surface area contributed by atoms with Gasteiger partial charge in [0.15, 0.2) is 11.4 Å². The van der Waals surface area contributed by atoms with Crippen molar-refractivity contribution in [2.45, 2.75) is 6.10 Å². The lowest BCUT2D eigenvalue weighted by Crippen LogP contribution is -2.30. The second-order valence-corrected chi connectivity index (χ2v) is 1.56. The van der Waals surface area contributed by atoms with E-state index < -0.39 is 11.2 Å². The Balaban J connectivity index is 3.57. The van der Waals surface area contributed by atoms with Gasteiger partial charge in [0.1, 0.15) is 6.61 Å². The van der Waals surface area contributed by atoms with Crippen molar-refractivity contribution in [2.75, 3.05) is 13.2 Å². The van der Waals surface area contributed by atoms with Crippen LogP contribution in [0.2, 0.25) is 0 Å². The first-order valence-corrected chi connectivity index (χ1v) is 2.66. The maximum absolute atomic E-state index is 9.70. The van der Waals surface area contributed by atoms with Crippen molar-refractivity contribution in [3.63, 3.8) is 0 Å². The molecule has 0 bridgehead atoms. The van der Waals surface area contributed by atoms with E-state index in [4.69, 9.17) is 5.73 Å². The summed E-state index contributed by atoms with van der Waals surface area (Å²) in [7, 11) is 0. The lowest BCUT2D eigenvalue weighted by Gasteiger charge is -2.08. The quantitative estimate of drug-likeness (QED) is 0.313. The van der Waals surface area contributed by atoms with Gasteiger partial charge < -0.3 is 15.4 Å². The van der Waals surface area contributed by atoms with E-state index in [1.165, 1.54) is 0 Å². The summed E-state index contributed by atoms with van der Waals surface area (Å²) in [5.74, 6) is 0. The van der Waals surface area contributed by atoms with Crippen LogP contribution in [0.4, 0.5) is 0 Å². The highest BCUT2D eigenvalue weighted by Crippen LogP contribution is 1.91. The van der Waals surface area contributed by atoms with Crippen molar-refractivity contribution in [3.8, 4) is 0 Å². The van der Waals surface area contributed by atoms with Crippen molar-refractivity contribution in [1.82, 2.24) is 0 Å².